The Kier molecular flexibility index (Phi) is 3.89. The van der Waals surface area contributed by atoms with Gasteiger partial charge >= 0.3 is 0 Å². The summed E-state index contributed by atoms with van der Waals surface area (Å²) in [5.74, 6) is 0.522. The molecular weight excluding hydrogens is 268 g/mol. The van der Waals surface area contributed by atoms with E-state index in [0.717, 1.165) is 18.7 Å². The van der Waals surface area contributed by atoms with Gasteiger partial charge in [0.15, 0.2) is 0 Å². The fraction of sp³-hybridized carbons (Fsp3) is 0.600. The minimum atomic E-state index is 0.427. The molecule has 0 saturated heterocycles. The van der Waals surface area contributed by atoms with Gasteiger partial charge in [-0.05, 0) is 19.3 Å². The highest BCUT2D eigenvalue weighted by Gasteiger charge is 2.23. The van der Waals surface area contributed by atoms with E-state index < -0.39 is 0 Å². The summed E-state index contributed by atoms with van der Waals surface area (Å²) in [6.07, 6.45) is 5.60. The third-order valence-electron chi connectivity index (χ3n) is 3.97. The second kappa shape index (κ2) is 5.66. The molecule has 0 aliphatic heterocycles. The van der Waals surface area contributed by atoms with E-state index in [1.54, 1.807) is 11.3 Å². The second-order valence-corrected chi connectivity index (χ2v) is 6.72. The Bertz CT molecular complexity index is 584. The molecule has 0 radical (unpaired) electrons. The number of thiazole rings is 1. The van der Waals surface area contributed by atoms with E-state index in [4.69, 9.17) is 4.98 Å². The van der Waals surface area contributed by atoms with E-state index in [0.29, 0.717) is 12.0 Å². The normalized spacial score (nSPS) is 18.5. The molecule has 2 aromatic heterocycles. The molecule has 3 rings (SSSR count). The standard InChI is InChI=1S/C15H22N4S/c1-10(2)15-18-11(9-20-15)7-16-13-5-4-6-14-12(13)8-17-19(14)3/h8-10,13,16H,4-7H2,1-3H3/t13-/m0/s1. The molecule has 20 heavy (non-hydrogen) atoms. The van der Waals surface area contributed by atoms with Crippen LogP contribution in [-0.4, -0.2) is 14.8 Å². The Morgan fingerprint density at radius 1 is 1.50 bits per heavy atom. The highest BCUT2D eigenvalue weighted by atomic mass is 32.1. The van der Waals surface area contributed by atoms with Gasteiger partial charge in [0.25, 0.3) is 0 Å². The Balaban J connectivity index is 1.67. The van der Waals surface area contributed by atoms with E-state index >= 15 is 0 Å². The summed E-state index contributed by atoms with van der Waals surface area (Å²) < 4.78 is 2.02. The highest BCUT2D eigenvalue weighted by Crippen LogP contribution is 2.29. The number of aryl methyl sites for hydroxylation is 1. The average molecular weight is 290 g/mol. The lowest BCUT2D eigenvalue weighted by Gasteiger charge is -2.23. The molecule has 2 aromatic rings. The number of hydrogen-bond acceptors (Lipinski definition) is 4. The Morgan fingerprint density at radius 3 is 3.10 bits per heavy atom. The zero-order chi connectivity index (χ0) is 14.1. The van der Waals surface area contributed by atoms with E-state index in [2.05, 4.69) is 29.6 Å². The van der Waals surface area contributed by atoms with Crippen LogP contribution < -0.4 is 5.32 Å². The van der Waals surface area contributed by atoms with Crippen molar-refractivity contribution in [3.63, 3.8) is 0 Å². The van der Waals surface area contributed by atoms with Crippen molar-refractivity contribution in [3.8, 4) is 0 Å². The van der Waals surface area contributed by atoms with Gasteiger partial charge in [-0.2, -0.15) is 5.10 Å². The lowest BCUT2D eigenvalue weighted by Crippen LogP contribution is -2.25. The van der Waals surface area contributed by atoms with Crippen molar-refractivity contribution in [2.24, 2.45) is 7.05 Å². The quantitative estimate of drug-likeness (QED) is 0.940. The lowest BCUT2D eigenvalue weighted by atomic mass is 9.93. The van der Waals surface area contributed by atoms with Crippen molar-refractivity contribution in [1.29, 1.82) is 0 Å². The van der Waals surface area contributed by atoms with E-state index in [9.17, 15) is 0 Å². The van der Waals surface area contributed by atoms with E-state index in [1.165, 1.54) is 29.1 Å². The number of nitrogens with zero attached hydrogens (tertiary/aromatic N) is 3. The van der Waals surface area contributed by atoms with Gasteiger partial charge in [0, 0.05) is 42.2 Å². The van der Waals surface area contributed by atoms with E-state index in [1.807, 2.05) is 17.9 Å². The van der Waals surface area contributed by atoms with Crippen molar-refractivity contribution >= 4 is 11.3 Å². The summed E-state index contributed by atoms with van der Waals surface area (Å²) in [7, 11) is 2.04. The highest BCUT2D eigenvalue weighted by molar-refractivity contribution is 7.09. The molecule has 0 saturated carbocycles. The second-order valence-electron chi connectivity index (χ2n) is 5.83. The Hall–Kier alpha value is -1.20. The molecule has 0 spiro atoms. The SMILES string of the molecule is CC(C)c1nc(CN[C@H]2CCCc3c2cnn3C)cs1. The number of rotatable bonds is 4. The fourth-order valence-electron chi connectivity index (χ4n) is 2.82. The largest absolute Gasteiger partial charge is 0.304 e. The van der Waals surface area contributed by atoms with Crippen molar-refractivity contribution in [2.75, 3.05) is 0 Å². The van der Waals surface area contributed by atoms with Crippen LogP contribution in [0.3, 0.4) is 0 Å². The Morgan fingerprint density at radius 2 is 2.35 bits per heavy atom. The molecule has 1 atom stereocenters. The van der Waals surface area contributed by atoms with Gasteiger partial charge in [0.1, 0.15) is 0 Å². The molecule has 0 fully saturated rings. The number of hydrogen-bond donors (Lipinski definition) is 1. The van der Waals surface area contributed by atoms with Crippen LogP contribution in [0.2, 0.25) is 0 Å². The van der Waals surface area contributed by atoms with Crippen LogP contribution in [0, 0.1) is 0 Å². The molecule has 0 unspecified atom stereocenters. The first-order valence-corrected chi connectivity index (χ1v) is 8.21. The molecule has 4 nitrogen and oxygen atoms in total. The molecule has 1 N–H and O–H groups in total. The topological polar surface area (TPSA) is 42.7 Å². The summed E-state index contributed by atoms with van der Waals surface area (Å²) in [6, 6.07) is 0.427. The minimum Gasteiger partial charge on any atom is -0.304 e. The van der Waals surface area contributed by atoms with Crippen molar-refractivity contribution < 1.29 is 0 Å². The summed E-state index contributed by atoms with van der Waals surface area (Å²) >= 11 is 1.77. The smallest absolute Gasteiger partial charge is 0.0954 e. The van der Waals surface area contributed by atoms with E-state index in [-0.39, 0.29) is 0 Å². The molecule has 1 aliphatic carbocycles. The zero-order valence-corrected chi connectivity index (χ0v) is 13.2. The van der Waals surface area contributed by atoms with Crippen molar-refractivity contribution in [2.45, 2.75) is 51.6 Å². The van der Waals surface area contributed by atoms with Crippen LogP contribution in [0.15, 0.2) is 11.6 Å². The third kappa shape index (κ3) is 2.65. The minimum absolute atomic E-state index is 0.427. The average Bonchev–Trinajstić information content (AvgIpc) is 3.04. The molecule has 0 aromatic carbocycles. The van der Waals surface area contributed by atoms with Crippen LogP contribution in [-0.2, 0) is 20.0 Å². The molecular formula is C15H22N4S. The predicted molar refractivity (Wildman–Crippen MR) is 81.9 cm³/mol. The third-order valence-corrected chi connectivity index (χ3v) is 5.16. The molecule has 1 aliphatic rings. The molecule has 0 amide bonds. The van der Waals surface area contributed by atoms with Crippen LogP contribution in [0.5, 0.6) is 0 Å². The van der Waals surface area contributed by atoms with Crippen LogP contribution in [0.1, 0.15) is 60.6 Å². The molecule has 5 heteroatoms. The first-order valence-electron chi connectivity index (χ1n) is 7.33. The predicted octanol–water partition coefficient (Wildman–Crippen LogP) is 3.17. The van der Waals surface area contributed by atoms with Crippen LogP contribution >= 0.6 is 11.3 Å². The van der Waals surface area contributed by atoms with Gasteiger partial charge in [0.05, 0.1) is 16.9 Å². The monoisotopic (exact) mass is 290 g/mol. The Labute approximate surface area is 124 Å². The number of aromatic nitrogens is 3. The summed E-state index contributed by atoms with van der Waals surface area (Å²) in [4.78, 5) is 4.69. The van der Waals surface area contributed by atoms with Crippen molar-refractivity contribution in [1.82, 2.24) is 20.1 Å². The van der Waals surface area contributed by atoms with Crippen molar-refractivity contribution in [3.05, 3.63) is 33.5 Å². The first kappa shape index (κ1) is 13.8. The van der Waals surface area contributed by atoms with Gasteiger partial charge < -0.3 is 5.32 Å². The van der Waals surface area contributed by atoms with Gasteiger partial charge in [-0.1, -0.05) is 13.8 Å². The van der Waals surface area contributed by atoms with Gasteiger partial charge in [-0.3, -0.25) is 4.68 Å². The summed E-state index contributed by atoms with van der Waals surface area (Å²) in [5, 5.41) is 11.4. The number of fused-ring (bicyclic) bond motifs is 1. The first-order chi connectivity index (χ1) is 9.65. The maximum Gasteiger partial charge on any atom is 0.0954 e. The molecule has 108 valence electrons. The van der Waals surface area contributed by atoms with Gasteiger partial charge in [-0.15, -0.1) is 11.3 Å². The summed E-state index contributed by atoms with van der Waals surface area (Å²) in [6.45, 7) is 5.24. The molecule has 2 heterocycles. The maximum atomic E-state index is 4.69. The zero-order valence-electron chi connectivity index (χ0n) is 12.4. The lowest BCUT2D eigenvalue weighted by molar-refractivity contribution is 0.449. The van der Waals surface area contributed by atoms with Gasteiger partial charge in [-0.25, -0.2) is 4.98 Å². The summed E-state index contributed by atoms with van der Waals surface area (Å²) in [5.41, 5.74) is 3.92. The van der Waals surface area contributed by atoms with Crippen LogP contribution in [0.25, 0.3) is 0 Å². The van der Waals surface area contributed by atoms with Crippen LogP contribution in [0.4, 0.5) is 0 Å². The fourth-order valence-corrected chi connectivity index (χ4v) is 3.65. The maximum absolute atomic E-state index is 4.69. The van der Waals surface area contributed by atoms with Gasteiger partial charge in [0.2, 0.25) is 0 Å². The number of nitrogens with one attached hydrogen (secondary N) is 1. The molecule has 0 bridgehead atoms.